The highest BCUT2D eigenvalue weighted by atomic mass is 32.1. The predicted octanol–water partition coefficient (Wildman–Crippen LogP) is 4.84. The summed E-state index contributed by atoms with van der Waals surface area (Å²) in [6.07, 6.45) is 0.781. The number of carbonyl (C=O) groups is 2. The minimum atomic E-state index is -0.563. The molecule has 156 valence electrons. The van der Waals surface area contributed by atoms with Gasteiger partial charge in [0, 0.05) is 12.5 Å². The Balaban J connectivity index is 1.63. The van der Waals surface area contributed by atoms with E-state index < -0.39 is 6.04 Å². The Hall–Kier alpha value is -2.92. The third kappa shape index (κ3) is 5.80. The van der Waals surface area contributed by atoms with Gasteiger partial charge in [-0.2, -0.15) is 0 Å². The van der Waals surface area contributed by atoms with E-state index in [9.17, 15) is 9.59 Å². The van der Waals surface area contributed by atoms with Crippen molar-refractivity contribution in [3.05, 3.63) is 94.2 Å². The second-order valence-electron chi connectivity index (χ2n) is 7.63. The molecule has 2 aromatic carbocycles. The lowest BCUT2D eigenvalue weighted by atomic mass is 9.88. The van der Waals surface area contributed by atoms with E-state index in [4.69, 9.17) is 0 Å². The van der Waals surface area contributed by atoms with E-state index in [1.54, 1.807) is 6.07 Å². The number of amides is 2. The van der Waals surface area contributed by atoms with E-state index in [-0.39, 0.29) is 23.7 Å². The molecule has 0 saturated carbocycles. The predicted molar refractivity (Wildman–Crippen MR) is 123 cm³/mol. The molecule has 1 aromatic heterocycles. The van der Waals surface area contributed by atoms with Gasteiger partial charge in [-0.25, -0.2) is 0 Å². The van der Waals surface area contributed by atoms with Crippen molar-refractivity contribution < 1.29 is 9.59 Å². The van der Waals surface area contributed by atoms with Crippen molar-refractivity contribution in [2.75, 3.05) is 6.54 Å². The van der Waals surface area contributed by atoms with Crippen molar-refractivity contribution in [3.63, 3.8) is 0 Å². The van der Waals surface area contributed by atoms with Crippen LogP contribution in [0.2, 0.25) is 0 Å². The Morgan fingerprint density at radius 3 is 1.97 bits per heavy atom. The van der Waals surface area contributed by atoms with Gasteiger partial charge in [0.05, 0.1) is 4.88 Å². The molecule has 4 nitrogen and oxygen atoms in total. The average molecular weight is 421 g/mol. The zero-order valence-corrected chi connectivity index (χ0v) is 18.2. The lowest BCUT2D eigenvalue weighted by Crippen LogP contribution is -2.49. The standard InChI is InChI=1S/C25H28N2O2S/c1-18(2)23(27-24(28)22-14-9-17-30-22)25(29)26-16-15-21(19-10-5-3-6-11-19)20-12-7-4-8-13-20/h3-14,17-18,21,23H,15-16H2,1-2H3,(H,26,29)(H,27,28). The molecule has 0 fully saturated rings. The van der Waals surface area contributed by atoms with Crippen LogP contribution in [-0.4, -0.2) is 24.4 Å². The maximum absolute atomic E-state index is 12.8. The lowest BCUT2D eigenvalue weighted by Gasteiger charge is -2.23. The van der Waals surface area contributed by atoms with Crippen molar-refractivity contribution in [1.29, 1.82) is 0 Å². The van der Waals surface area contributed by atoms with Crippen LogP contribution in [0.1, 0.15) is 47.0 Å². The highest BCUT2D eigenvalue weighted by Gasteiger charge is 2.25. The first-order valence-electron chi connectivity index (χ1n) is 10.3. The number of nitrogens with one attached hydrogen (secondary N) is 2. The molecule has 30 heavy (non-hydrogen) atoms. The quantitative estimate of drug-likeness (QED) is 0.520. The van der Waals surface area contributed by atoms with Crippen molar-refractivity contribution in [2.45, 2.75) is 32.2 Å². The Labute approximate surface area is 182 Å². The Morgan fingerprint density at radius 1 is 0.867 bits per heavy atom. The third-order valence-corrected chi connectivity index (χ3v) is 5.99. The van der Waals surface area contributed by atoms with Gasteiger partial charge in [0.15, 0.2) is 0 Å². The van der Waals surface area contributed by atoms with E-state index in [2.05, 4.69) is 34.9 Å². The lowest BCUT2D eigenvalue weighted by molar-refractivity contribution is -0.123. The van der Waals surface area contributed by atoms with E-state index in [0.717, 1.165) is 6.42 Å². The summed E-state index contributed by atoms with van der Waals surface area (Å²) in [4.78, 5) is 25.8. The minimum Gasteiger partial charge on any atom is -0.354 e. The van der Waals surface area contributed by atoms with Crippen LogP contribution in [0.3, 0.4) is 0 Å². The van der Waals surface area contributed by atoms with Crippen LogP contribution in [0.25, 0.3) is 0 Å². The van der Waals surface area contributed by atoms with Gasteiger partial charge in [-0.3, -0.25) is 9.59 Å². The molecular formula is C25H28N2O2S. The van der Waals surface area contributed by atoms with Crippen molar-refractivity contribution in [3.8, 4) is 0 Å². The van der Waals surface area contributed by atoms with Crippen LogP contribution < -0.4 is 10.6 Å². The molecule has 0 saturated heterocycles. The number of hydrogen-bond donors (Lipinski definition) is 2. The molecule has 0 aliphatic rings. The first kappa shape index (κ1) is 21.8. The summed E-state index contributed by atoms with van der Waals surface area (Å²) in [6.45, 7) is 4.41. The molecule has 1 heterocycles. The van der Waals surface area contributed by atoms with E-state index in [1.165, 1.54) is 22.5 Å². The first-order chi connectivity index (χ1) is 14.6. The number of carbonyl (C=O) groups excluding carboxylic acids is 2. The topological polar surface area (TPSA) is 58.2 Å². The zero-order chi connectivity index (χ0) is 21.3. The molecule has 1 unspecified atom stereocenters. The van der Waals surface area contributed by atoms with Gasteiger partial charge in [-0.1, -0.05) is 80.6 Å². The molecule has 5 heteroatoms. The molecule has 2 N–H and O–H groups in total. The van der Waals surface area contributed by atoms with Gasteiger partial charge < -0.3 is 10.6 Å². The number of rotatable bonds is 9. The van der Waals surface area contributed by atoms with Gasteiger partial charge in [0.1, 0.15) is 6.04 Å². The second-order valence-corrected chi connectivity index (χ2v) is 8.57. The number of benzene rings is 2. The van der Waals surface area contributed by atoms with E-state index in [1.807, 2.05) is 61.7 Å². The van der Waals surface area contributed by atoms with Crippen molar-refractivity contribution in [1.82, 2.24) is 10.6 Å². The summed E-state index contributed by atoms with van der Waals surface area (Å²) in [5.41, 5.74) is 2.45. The zero-order valence-electron chi connectivity index (χ0n) is 17.4. The molecule has 0 radical (unpaired) electrons. The van der Waals surface area contributed by atoms with Crippen LogP contribution in [0.15, 0.2) is 78.2 Å². The highest BCUT2D eigenvalue weighted by molar-refractivity contribution is 7.12. The average Bonchev–Trinajstić information content (AvgIpc) is 3.31. The normalized spacial score (nSPS) is 12.0. The molecule has 0 aliphatic heterocycles. The summed E-state index contributed by atoms with van der Waals surface area (Å²) in [5, 5.41) is 7.77. The fourth-order valence-electron chi connectivity index (χ4n) is 3.50. The van der Waals surface area contributed by atoms with Gasteiger partial charge >= 0.3 is 0 Å². The highest BCUT2D eigenvalue weighted by Crippen LogP contribution is 2.27. The minimum absolute atomic E-state index is 0.00652. The van der Waals surface area contributed by atoms with Crippen molar-refractivity contribution in [2.24, 2.45) is 5.92 Å². The monoisotopic (exact) mass is 420 g/mol. The second kappa shape index (κ2) is 10.7. The summed E-state index contributed by atoms with van der Waals surface area (Å²) in [7, 11) is 0. The molecule has 3 aromatic rings. The van der Waals surface area contributed by atoms with E-state index >= 15 is 0 Å². The molecule has 0 spiro atoms. The van der Waals surface area contributed by atoms with Gasteiger partial charge in [0.25, 0.3) is 5.91 Å². The molecule has 3 rings (SSSR count). The molecule has 0 bridgehead atoms. The fourth-order valence-corrected chi connectivity index (χ4v) is 4.13. The Morgan fingerprint density at radius 2 is 1.47 bits per heavy atom. The smallest absolute Gasteiger partial charge is 0.262 e. The summed E-state index contributed by atoms with van der Waals surface area (Å²) < 4.78 is 0. The van der Waals surface area contributed by atoms with Crippen LogP contribution in [0.5, 0.6) is 0 Å². The van der Waals surface area contributed by atoms with Gasteiger partial charge in [-0.05, 0) is 34.9 Å². The molecule has 0 aliphatic carbocycles. The van der Waals surface area contributed by atoms with Crippen LogP contribution in [-0.2, 0) is 4.79 Å². The number of hydrogen-bond acceptors (Lipinski definition) is 3. The Kier molecular flexibility index (Phi) is 7.80. The van der Waals surface area contributed by atoms with Crippen LogP contribution in [0, 0.1) is 5.92 Å². The third-order valence-electron chi connectivity index (χ3n) is 5.12. The van der Waals surface area contributed by atoms with Gasteiger partial charge in [0.2, 0.25) is 5.91 Å². The van der Waals surface area contributed by atoms with Gasteiger partial charge in [-0.15, -0.1) is 11.3 Å². The number of thiophene rings is 1. The fraction of sp³-hybridized carbons (Fsp3) is 0.280. The maximum atomic E-state index is 12.8. The van der Waals surface area contributed by atoms with Crippen molar-refractivity contribution >= 4 is 23.2 Å². The maximum Gasteiger partial charge on any atom is 0.262 e. The molecule has 1 atom stereocenters. The van der Waals surface area contributed by atoms with Crippen LogP contribution >= 0.6 is 11.3 Å². The van der Waals surface area contributed by atoms with Crippen LogP contribution in [0.4, 0.5) is 0 Å². The summed E-state index contributed by atoms with van der Waals surface area (Å²) in [5.74, 6) is -0.154. The van der Waals surface area contributed by atoms with E-state index in [0.29, 0.717) is 11.4 Å². The Bertz CT molecular complexity index is 885. The summed E-state index contributed by atoms with van der Waals surface area (Å²) >= 11 is 1.37. The SMILES string of the molecule is CC(C)C(NC(=O)c1cccs1)C(=O)NCCC(c1ccccc1)c1ccccc1. The molecular weight excluding hydrogens is 392 g/mol. The molecule has 2 amide bonds. The first-order valence-corrected chi connectivity index (χ1v) is 11.2. The summed E-state index contributed by atoms with van der Waals surface area (Å²) in [6, 6.07) is 23.7. The largest absolute Gasteiger partial charge is 0.354 e.